The zero-order valence-electron chi connectivity index (χ0n) is 13.1. The number of nitrogens with one attached hydrogen (secondary N) is 2. The van der Waals surface area contributed by atoms with E-state index in [9.17, 15) is 4.79 Å². The molecule has 0 aromatic carbocycles. The van der Waals surface area contributed by atoms with Crippen LogP contribution < -0.4 is 10.6 Å². The van der Waals surface area contributed by atoms with Crippen molar-refractivity contribution in [1.29, 1.82) is 0 Å². The first-order valence-corrected chi connectivity index (χ1v) is 8.72. The molecule has 2 N–H and O–H groups in total. The van der Waals surface area contributed by atoms with E-state index in [4.69, 9.17) is 0 Å². The topological polar surface area (TPSA) is 56.7 Å². The van der Waals surface area contributed by atoms with Gasteiger partial charge in [0, 0.05) is 38.6 Å². The van der Waals surface area contributed by atoms with E-state index in [1.165, 1.54) is 0 Å². The van der Waals surface area contributed by atoms with Gasteiger partial charge in [-0.05, 0) is 24.9 Å². The number of rotatable bonds is 6. The Bertz CT molecular complexity index is 333. The molecule has 0 aromatic rings. The Morgan fingerprint density at radius 3 is 2.85 bits per heavy atom. The summed E-state index contributed by atoms with van der Waals surface area (Å²) in [4.78, 5) is 18.1. The molecule has 6 heteroatoms. The first kappa shape index (κ1) is 17.1. The summed E-state index contributed by atoms with van der Waals surface area (Å²) in [6.07, 6.45) is 4.24. The van der Waals surface area contributed by atoms with Crippen LogP contribution in [0.3, 0.4) is 0 Å². The van der Waals surface area contributed by atoms with Crippen LogP contribution in [0.1, 0.15) is 26.7 Å². The van der Waals surface area contributed by atoms with Crippen LogP contribution in [0.15, 0.2) is 4.99 Å². The van der Waals surface area contributed by atoms with Crippen molar-refractivity contribution in [2.75, 3.05) is 38.7 Å². The molecular formula is C14H28N4OS. The molecule has 1 unspecified atom stereocenters. The van der Waals surface area contributed by atoms with Crippen molar-refractivity contribution in [3.8, 4) is 0 Å². The molecule has 1 aliphatic heterocycles. The monoisotopic (exact) mass is 300 g/mol. The minimum absolute atomic E-state index is 0.0812. The molecule has 1 rings (SSSR count). The van der Waals surface area contributed by atoms with Gasteiger partial charge in [-0.3, -0.25) is 9.79 Å². The van der Waals surface area contributed by atoms with Crippen LogP contribution in [0.4, 0.5) is 0 Å². The van der Waals surface area contributed by atoms with Gasteiger partial charge in [0.15, 0.2) is 5.96 Å². The summed E-state index contributed by atoms with van der Waals surface area (Å²) >= 11 is 1.86. The molecule has 1 amide bonds. The van der Waals surface area contributed by atoms with Crippen LogP contribution >= 0.6 is 11.8 Å². The molecule has 20 heavy (non-hydrogen) atoms. The zero-order valence-corrected chi connectivity index (χ0v) is 13.9. The molecular weight excluding hydrogens is 272 g/mol. The summed E-state index contributed by atoms with van der Waals surface area (Å²) in [7, 11) is 1.79. The van der Waals surface area contributed by atoms with E-state index < -0.39 is 0 Å². The fourth-order valence-corrected chi connectivity index (χ4v) is 2.69. The van der Waals surface area contributed by atoms with Gasteiger partial charge in [0.2, 0.25) is 5.91 Å². The predicted octanol–water partition coefficient (Wildman–Crippen LogP) is 1.16. The summed E-state index contributed by atoms with van der Waals surface area (Å²) in [5, 5.41) is 6.72. The summed E-state index contributed by atoms with van der Waals surface area (Å²) in [5.41, 5.74) is 0. The molecule has 0 saturated carbocycles. The average molecular weight is 300 g/mol. The highest BCUT2D eigenvalue weighted by molar-refractivity contribution is 7.98. The van der Waals surface area contributed by atoms with Gasteiger partial charge in [-0.2, -0.15) is 11.8 Å². The van der Waals surface area contributed by atoms with Crippen LogP contribution in [-0.4, -0.2) is 61.5 Å². The largest absolute Gasteiger partial charge is 0.356 e. The molecule has 0 radical (unpaired) electrons. The molecule has 5 nitrogen and oxygen atoms in total. The Hall–Kier alpha value is -0.910. The standard InChI is InChI=1S/C14H28N4OS/c1-11(2)13(19)18-8-6-12(10-18)17-14(15-3)16-7-5-9-20-4/h11-12H,5-10H2,1-4H3,(H2,15,16,17). The third-order valence-electron chi connectivity index (χ3n) is 3.38. The van der Waals surface area contributed by atoms with Crippen molar-refractivity contribution < 1.29 is 4.79 Å². The molecule has 116 valence electrons. The fraction of sp³-hybridized carbons (Fsp3) is 0.857. The van der Waals surface area contributed by atoms with Gasteiger partial charge >= 0.3 is 0 Å². The van der Waals surface area contributed by atoms with E-state index in [2.05, 4.69) is 21.9 Å². The van der Waals surface area contributed by atoms with Crippen molar-refractivity contribution in [1.82, 2.24) is 15.5 Å². The van der Waals surface area contributed by atoms with E-state index in [1.54, 1.807) is 7.05 Å². The highest BCUT2D eigenvalue weighted by Gasteiger charge is 2.27. The third kappa shape index (κ3) is 5.61. The second-order valence-corrected chi connectivity index (χ2v) is 6.40. The molecule has 1 aliphatic rings. The summed E-state index contributed by atoms with van der Waals surface area (Å²) < 4.78 is 0. The van der Waals surface area contributed by atoms with Crippen LogP contribution in [0.2, 0.25) is 0 Å². The van der Waals surface area contributed by atoms with Gasteiger partial charge in [-0.15, -0.1) is 0 Å². The van der Waals surface area contributed by atoms with E-state index in [0.717, 1.165) is 44.2 Å². The molecule has 0 bridgehead atoms. The van der Waals surface area contributed by atoms with Crippen LogP contribution in [0.25, 0.3) is 0 Å². The van der Waals surface area contributed by atoms with Crippen LogP contribution in [0.5, 0.6) is 0 Å². The highest BCUT2D eigenvalue weighted by atomic mass is 32.2. The summed E-state index contributed by atoms with van der Waals surface area (Å²) in [6, 6.07) is 0.310. The molecule has 0 aromatic heterocycles. The maximum Gasteiger partial charge on any atom is 0.225 e. The molecule has 1 heterocycles. The van der Waals surface area contributed by atoms with Gasteiger partial charge < -0.3 is 15.5 Å². The number of aliphatic imine (C=N–C) groups is 1. The highest BCUT2D eigenvalue weighted by Crippen LogP contribution is 2.12. The van der Waals surface area contributed by atoms with Crippen molar-refractivity contribution in [2.24, 2.45) is 10.9 Å². The fourth-order valence-electron chi connectivity index (χ4n) is 2.25. The van der Waals surface area contributed by atoms with Crippen LogP contribution in [0, 0.1) is 5.92 Å². The Morgan fingerprint density at radius 2 is 2.25 bits per heavy atom. The molecule has 1 fully saturated rings. The quantitative estimate of drug-likeness (QED) is 0.439. The van der Waals surface area contributed by atoms with E-state index in [-0.39, 0.29) is 11.8 Å². The third-order valence-corrected chi connectivity index (χ3v) is 4.07. The smallest absolute Gasteiger partial charge is 0.225 e. The maximum atomic E-state index is 11.9. The van der Waals surface area contributed by atoms with E-state index >= 15 is 0 Å². The van der Waals surface area contributed by atoms with Gasteiger partial charge in [0.25, 0.3) is 0 Å². The second-order valence-electron chi connectivity index (χ2n) is 5.41. The SMILES string of the molecule is CN=C(NCCCSC)NC1CCN(C(=O)C(C)C)C1. The summed E-state index contributed by atoms with van der Waals surface area (Å²) in [6.45, 7) is 6.47. The maximum absolute atomic E-state index is 11.9. The number of carbonyl (C=O) groups is 1. The lowest BCUT2D eigenvalue weighted by Crippen LogP contribution is -2.45. The number of nitrogens with zero attached hydrogens (tertiary/aromatic N) is 2. The van der Waals surface area contributed by atoms with E-state index in [1.807, 2.05) is 30.5 Å². The number of hydrogen-bond donors (Lipinski definition) is 2. The average Bonchev–Trinajstić information content (AvgIpc) is 2.89. The number of thioether (sulfide) groups is 1. The molecule has 0 spiro atoms. The Morgan fingerprint density at radius 1 is 1.50 bits per heavy atom. The van der Waals surface area contributed by atoms with Crippen LogP contribution in [-0.2, 0) is 4.79 Å². The molecule has 1 atom stereocenters. The first-order valence-electron chi connectivity index (χ1n) is 7.33. The lowest BCUT2D eigenvalue weighted by molar-refractivity contribution is -0.133. The van der Waals surface area contributed by atoms with Gasteiger partial charge in [-0.1, -0.05) is 13.8 Å². The van der Waals surface area contributed by atoms with Gasteiger partial charge in [0.05, 0.1) is 0 Å². The lowest BCUT2D eigenvalue weighted by atomic mass is 10.2. The first-order chi connectivity index (χ1) is 9.58. The minimum Gasteiger partial charge on any atom is -0.356 e. The Kier molecular flexibility index (Phi) is 7.80. The zero-order chi connectivity index (χ0) is 15.0. The number of amides is 1. The minimum atomic E-state index is 0.0812. The van der Waals surface area contributed by atoms with Crippen molar-refractivity contribution in [3.05, 3.63) is 0 Å². The second kappa shape index (κ2) is 9.10. The van der Waals surface area contributed by atoms with Crippen molar-refractivity contribution in [2.45, 2.75) is 32.7 Å². The predicted molar refractivity (Wildman–Crippen MR) is 87.3 cm³/mol. The normalized spacial score (nSPS) is 19.6. The molecule has 0 aliphatic carbocycles. The number of guanidine groups is 1. The number of likely N-dealkylation sites (tertiary alicyclic amines) is 1. The summed E-state index contributed by atoms with van der Waals surface area (Å²) in [5.74, 6) is 2.33. The lowest BCUT2D eigenvalue weighted by Gasteiger charge is -2.20. The van der Waals surface area contributed by atoms with E-state index in [0.29, 0.717) is 6.04 Å². The van der Waals surface area contributed by atoms with Crippen molar-refractivity contribution >= 4 is 23.6 Å². The van der Waals surface area contributed by atoms with Gasteiger partial charge in [-0.25, -0.2) is 0 Å². The number of hydrogen-bond acceptors (Lipinski definition) is 3. The number of carbonyl (C=O) groups excluding carboxylic acids is 1. The van der Waals surface area contributed by atoms with Gasteiger partial charge in [0.1, 0.15) is 0 Å². The molecule has 1 saturated heterocycles. The van der Waals surface area contributed by atoms with Crippen molar-refractivity contribution in [3.63, 3.8) is 0 Å². The Labute approximate surface area is 127 Å². The Balaban J connectivity index is 2.32.